The van der Waals surface area contributed by atoms with Gasteiger partial charge in [-0.05, 0) is 36.7 Å². The lowest BCUT2D eigenvalue weighted by molar-refractivity contribution is 0.530. The summed E-state index contributed by atoms with van der Waals surface area (Å²) < 4.78 is 22.7. The number of aromatic nitrogens is 1. The van der Waals surface area contributed by atoms with E-state index in [1.54, 1.807) is 6.20 Å². The third kappa shape index (κ3) is 4.02. The molecule has 1 heterocycles. The fourth-order valence-corrected chi connectivity index (χ4v) is 2.94. The van der Waals surface area contributed by atoms with Crippen molar-refractivity contribution >= 4 is 20.7 Å². The molecule has 0 bridgehead atoms. The van der Waals surface area contributed by atoms with Crippen LogP contribution in [0.3, 0.4) is 0 Å². The van der Waals surface area contributed by atoms with E-state index in [1.165, 1.54) is 6.26 Å². The van der Waals surface area contributed by atoms with Gasteiger partial charge in [0.25, 0.3) is 0 Å². The minimum Gasteiger partial charge on any atom is -0.310 e. The summed E-state index contributed by atoms with van der Waals surface area (Å²) in [5.74, 6) is 0.190. The van der Waals surface area contributed by atoms with E-state index in [-0.39, 0.29) is 11.8 Å². The lowest BCUT2D eigenvalue weighted by atomic mass is 10.0. The lowest BCUT2D eigenvalue weighted by Crippen LogP contribution is -2.23. The highest BCUT2D eigenvalue weighted by molar-refractivity contribution is 7.90. The van der Waals surface area contributed by atoms with Crippen LogP contribution in [0.15, 0.2) is 36.5 Å². The number of nitrogens with one attached hydrogen (secondary N) is 1. The third-order valence-corrected chi connectivity index (χ3v) is 4.23. The maximum absolute atomic E-state index is 11.3. The van der Waals surface area contributed by atoms with E-state index in [2.05, 4.69) is 16.4 Å². The first-order valence-electron chi connectivity index (χ1n) is 6.75. The van der Waals surface area contributed by atoms with Crippen molar-refractivity contribution in [2.24, 2.45) is 0 Å². The van der Waals surface area contributed by atoms with Gasteiger partial charge in [0, 0.05) is 23.9 Å². The molecule has 4 nitrogen and oxygen atoms in total. The molecule has 2 aromatic rings. The smallest absolute Gasteiger partial charge is 0.147 e. The van der Waals surface area contributed by atoms with Crippen LogP contribution >= 0.6 is 0 Å². The highest BCUT2D eigenvalue weighted by Gasteiger charge is 2.14. The Kier molecular flexibility index (Phi) is 4.73. The molecule has 0 amide bonds. The number of pyridine rings is 1. The molecule has 1 aromatic heterocycles. The largest absolute Gasteiger partial charge is 0.310 e. The maximum atomic E-state index is 11.3. The zero-order chi connectivity index (χ0) is 14.6. The van der Waals surface area contributed by atoms with E-state index >= 15 is 0 Å². The second-order valence-corrected chi connectivity index (χ2v) is 7.24. The van der Waals surface area contributed by atoms with E-state index in [0.29, 0.717) is 6.42 Å². The summed E-state index contributed by atoms with van der Waals surface area (Å²) in [7, 11) is -2.94. The Bertz CT molecular complexity index is 683. The molecule has 1 unspecified atom stereocenters. The maximum Gasteiger partial charge on any atom is 0.147 e. The Labute approximate surface area is 120 Å². The molecule has 1 aromatic carbocycles. The molecule has 0 fully saturated rings. The molecule has 1 N–H and O–H groups in total. The molecule has 1 atom stereocenters. The first-order valence-corrected chi connectivity index (χ1v) is 8.81. The zero-order valence-corrected chi connectivity index (χ0v) is 12.7. The highest BCUT2D eigenvalue weighted by atomic mass is 32.2. The van der Waals surface area contributed by atoms with Crippen molar-refractivity contribution < 1.29 is 8.42 Å². The fraction of sp³-hybridized carbons (Fsp3) is 0.400. The second kappa shape index (κ2) is 6.33. The minimum atomic E-state index is -2.94. The van der Waals surface area contributed by atoms with Crippen LogP contribution in [-0.4, -0.2) is 32.0 Å². The molecule has 5 heteroatoms. The number of hydrogen-bond donors (Lipinski definition) is 1. The number of nitrogens with zero attached hydrogens (tertiary/aromatic N) is 1. The SMILES string of the molecule is CCNC(CCS(C)(=O)=O)c1ccc2ncccc2c1. The van der Waals surface area contributed by atoms with Gasteiger partial charge in [0.2, 0.25) is 0 Å². The van der Waals surface area contributed by atoms with Gasteiger partial charge >= 0.3 is 0 Å². The van der Waals surface area contributed by atoms with Crippen molar-refractivity contribution in [3.05, 3.63) is 42.1 Å². The van der Waals surface area contributed by atoms with Crippen LogP contribution in [0.5, 0.6) is 0 Å². The van der Waals surface area contributed by atoms with Crippen molar-refractivity contribution in [1.82, 2.24) is 10.3 Å². The Morgan fingerprint density at radius 1 is 1.30 bits per heavy atom. The minimum absolute atomic E-state index is 0.0549. The van der Waals surface area contributed by atoms with Crippen LogP contribution in [0.1, 0.15) is 24.9 Å². The van der Waals surface area contributed by atoms with Crippen molar-refractivity contribution in [2.75, 3.05) is 18.6 Å². The van der Waals surface area contributed by atoms with Gasteiger partial charge in [-0.2, -0.15) is 0 Å². The number of benzene rings is 1. The van der Waals surface area contributed by atoms with Gasteiger partial charge in [-0.3, -0.25) is 4.98 Å². The molecular weight excluding hydrogens is 272 g/mol. The standard InChI is InChI=1S/C15H20N2O2S/c1-3-16-15(8-10-20(2,18)19)13-6-7-14-12(11-13)5-4-9-17-14/h4-7,9,11,15-16H,3,8,10H2,1-2H3. The van der Waals surface area contributed by atoms with Crippen molar-refractivity contribution in [2.45, 2.75) is 19.4 Å². The summed E-state index contributed by atoms with van der Waals surface area (Å²) in [5.41, 5.74) is 2.06. The van der Waals surface area contributed by atoms with E-state index in [1.807, 2.05) is 31.2 Å². The Morgan fingerprint density at radius 3 is 2.80 bits per heavy atom. The Hall–Kier alpha value is -1.46. The summed E-state index contributed by atoms with van der Waals surface area (Å²) >= 11 is 0. The molecule has 0 radical (unpaired) electrons. The van der Waals surface area contributed by atoms with E-state index in [0.717, 1.165) is 23.0 Å². The molecule has 0 aliphatic heterocycles. The molecule has 0 saturated heterocycles. The van der Waals surface area contributed by atoms with Crippen LogP contribution in [0.2, 0.25) is 0 Å². The molecule has 0 aliphatic carbocycles. The quantitative estimate of drug-likeness (QED) is 0.887. The predicted molar refractivity (Wildman–Crippen MR) is 82.5 cm³/mol. The van der Waals surface area contributed by atoms with Crippen LogP contribution in [-0.2, 0) is 9.84 Å². The molecule has 2 rings (SSSR count). The average molecular weight is 292 g/mol. The first-order chi connectivity index (χ1) is 9.49. The zero-order valence-electron chi connectivity index (χ0n) is 11.8. The fourth-order valence-electron chi connectivity index (χ4n) is 2.28. The van der Waals surface area contributed by atoms with Crippen molar-refractivity contribution in [3.63, 3.8) is 0 Å². The summed E-state index contributed by atoms with van der Waals surface area (Å²) in [6, 6.07) is 10.1. The van der Waals surface area contributed by atoms with Gasteiger partial charge < -0.3 is 5.32 Å². The number of fused-ring (bicyclic) bond motifs is 1. The van der Waals surface area contributed by atoms with Gasteiger partial charge in [0.1, 0.15) is 9.84 Å². The lowest BCUT2D eigenvalue weighted by Gasteiger charge is -2.18. The van der Waals surface area contributed by atoms with Crippen molar-refractivity contribution in [3.8, 4) is 0 Å². The predicted octanol–water partition coefficient (Wildman–Crippen LogP) is 2.32. The molecule has 0 saturated carbocycles. The summed E-state index contributed by atoms with van der Waals surface area (Å²) in [6.07, 6.45) is 3.63. The molecule has 0 spiro atoms. The topological polar surface area (TPSA) is 59.1 Å². The molecular formula is C15H20N2O2S. The van der Waals surface area contributed by atoms with Gasteiger partial charge in [-0.15, -0.1) is 0 Å². The van der Waals surface area contributed by atoms with Crippen LogP contribution < -0.4 is 5.32 Å². The Morgan fingerprint density at radius 2 is 2.10 bits per heavy atom. The number of rotatable bonds is 6. The summed E-state index contributed by atoms with van der Waals surface area (Å²) in [6.45, 7) is 2.83. The molecule has 108 valence electrons. The molecule has 0 aliphatic rings. The highest BCUT2D eigenvalue weighted by Crippen LogP contribution is 2.22. The third-order valence-electron chi connectivity index (χ3n) is 3.26. The first kappa shape index (κ1) is 14.9. The van der Waals surface area contributed by atoms with Gasteiger partial charge in [0.15, 0.2) is 0 Å². The number of hydrogen-bond acceptors (Lipinski definition) is 4. The normalized spacial score (nSPS) is 13.5. The van der Waals surface area contributed by atoms with Crippen molar-refractivity contribution in [1.29, 1.82) is 0 Å². The van der Waals surface area contributed by atoms with Crippen LogP contribution in [0, 0.1) is 0 Å². The van der Waals surface area contributed by atoms with E-state index in [4.69, 9.17) is 0 Å². The van der Waals surface area contributed by atoms with Crippen LogP contribution in [0.25, 0.3) is 10.9 Å². The Balaban J connectivity index is 2.26. The number of sulfone groups is 1. The molecule has 20 heavy (non-hydrogen) atoms. The van der Waals surface area contributed by atoms with Gasteiger partial charge in [0.05, 0.1) is 11.3 Å². The van der Waals surface area contributed by atoms with Gasteiger partial charge in [-0.25, -0.2) is 8.42 Å². The van der Waals surface area contributed by atoms with E-state index in [9.17, 15) is 8.42 Å². The summed E-state index contributed by atoms with van der Waals surface area (Å²) in [4.78, 5) is 4.30. The average Bonchev–Trinajstić information content (AvgIpc) is 2.42. The monoisotopic (exact) mass is 292 g/mol. The summed E-state index contributed by atoms with van der Waals surface area (Å²) in [5, 5.41) is 4.43. The van der Waals surface area contributed by atoms with Gasteiger partial charge in [-0.1, -0.05) is 19.1 Å². The van der Waals surface area contributed by atoms with Crippen LogP contribution in [0.4, 0.5) is 0 Å². The second-order valence-electron chi connectivity index (χ2n) is 4.98. The van der Waals surface area contributed by atoms with E-state index < -0.39 is 9.84 Å².